The first-order chi connectivity index (χ1) is 12.1. The Morgan fingerprint density at radius 3 is 2.00 bits per heavy atom. The lowest BCUT2D eigenvalue weighted by Crippen LogP contribution is -2.34. The van der Waals surface area contributed by atoms with Crippen molar-refractivity contribution in [2.24, 2.45) is 0 Å². The summed E-state index contributed by atoms with van der Waals surface area (Å²) in [5, 5.41) is 2.32. The molecular weight excluding hydrogens is 380 g/mol. The zero-order valence-electron chi connectivity index (χ0n) is 14.1. The van der Waals surface area contributed by atoms with E-state index in [2.05, 4.69) is 9.50 Å². The minimum atomic E-state index is -4.01. The lowest BCUT2D eigenvalue weighted by atomic mass is 10.2. The molecule has 0 bridgehead atoms. The quantitative estimate of drug-likeness (QED) is 0.720. The minimum Gasteiger partial charge on any atom is -0.307 e. The van der Waals surface area contributed by atoms with Gasteiger partial charge < -0.3 is 5.32 Å². The molecule has 0 fully saturated rings. The van der Waals surface area contributed by atoms with E-state index in [0.29, 0.717) is 0 Å². The van der Waals surface area contributed by atoms with Gasteiger partial charge in [-0.3, -0.25) is 4.18 Å². The molecule has 0 saturated heterocycles. The Morgan fingerprint density at radius 1 is 0.923 bits per heavy atom. The topological polar surface area (TPSA) is 119 Å². The van der Waals surface area contributed by atoms with Gasteiger partial charge in [0.1, 0.15) is 0 Å². The third-order valence-electron chi connectivity index (χ3n) is 3.23. The number of nitrogens with one attached hydrogen (secondary N) is 2. The maximum Gasteiger partial charge on any atom is 0.333 e. The number of sulfonamides is 1. The van der Waals surface area contributed by atoms with Crippen molar-refractivity contribution in [1.82, 2.24) is 4.72 Å². The second kappa shape index (κ2) is 7.85. The number of rotatable bonds is 6. The van der Waals surface area contributed by atoms with Gasteiger partial charge in [0.25, 0.3) is 20.1 Å². The number of urea groups is 1. The fraction of sp³-hybridized carbons (Fsp3) is 0.188. The van der Waals surface area contributed by atoms with E-state index in [4.69, 9.17) is 0 Å². The first-order valence-electron chi connectivity index (χ1n) is 7.54. The summed E-state index contributed by atoms with van der Waals surface area (Å²) < 4.78 is 54.3. The van der Waals surface area contributed by atoms with Crippen LogP contribution in [0.4, 0.5) is 10.5 Å². The van der Waals surface area contributed by atoms with E-state index in [1.54, 1.807) is 19.1 Å². The standard InChI is InChI=1S/C16H18N2O6S2/c1-3-24-26(22,23)15-10-6-13(7-11-15)17-16(19)18-25(20,21)14-8-4-12(2)5-9-14/h4-11H,3H2,1-2H3,(H2,17,18,19). The van der Waals surface area contributed by atoms with Crippen molar-refractivity contribution in [3.8, 4) is 0 Å². The van der Waals surface area contributed by atoms with Crippen LogP contribution in [0.25, 0.3) is 0 Å². The number of carbonyl (C=O) groups excluding carboxylic acids is 1. The monoisotopic (exact) mass is 398 g/mol. The average molecular weight is 398 g/mol. The summed E-state index contributed by atoms with van der Waals surface area (Å²) in [7, 11) is -7.86. The Balaban J connectivity index is 2.07. The Hall–Kier alpha value is -2.43. The smallest absolute Gasteiger partial charge is 0.307 e. The van der Waals surface area contributed by atoms with Crippen molar-refractivity contribution in [1.29, 1.82) is 0 Å². The number of benzene rings is 2. The first-order valence-corrected chi connectivity index (χ1v) is 10.4. The van der Waals surface area contributed by atoms with Crippen molar-refractivity contribution < 1.29 is 25.8 Å². The van der Waals surface area contributed by atoms with Crippen LogP contribution >= 0.6 is 0 Å². The first kappa shape index (κ1) is 19.9. The minimum absolute atomic E-state index is 0.00160. The average Bonchev–Trinajstić information content (AvgIpc) is 2.55. The summed E-state index contributed by atoms with van der Waals surface area (Å²) in [6.07, 6.45) is 0. The van der Waals surface area contributed by atoms with E-state index in [-0.39, 0.29) is 22.1 Å². The zero-order chi connectivity index (χ0) is 19.4. The van der Waals surface area contributed by atoms with Gasteiger partial charge in [0.05, 0.1) is 16.4 Å². The molecule has 2 aromatic carbocycles. The summed E-state index contributed by atoms with van der Waals surface area (Å²) in [6.45, 7) is 3.36. The largest absolute Gasteiger partial charge is 0.333 e. The Bertz CT molecular complexity index is 982. The highest BCUT2D eigenvalue weighted by Crippen LogP contribution is 2.16. The lowest BCUT2D eigenvalue weighted by Gasteiger charge is -2.09. The highest BCUT2D eigenvalue weighted by Gasteiger charge is 2.18. The highest BCUT2D eigenvalue weighted by atomic mass is 32.2. The van der Waals surface area contributed by atoms with Gasteiger partial charge in [-0.1, -0.05) is 17.7 Å². The number of carbonyl (C=O) groups is 1. The number of hydrogen-bond donors (Lipinski definition) is 2. The fourth-order valence-electron chi connectivity index (χ4n) is 1.98. The second-order valence-corrected chi connectivity index (χ2v) is 8.56. The predicted molar refractivity (Wildman–Crippen MR) is 95.8 cm³/mol. The van der Waals surface area contributed by atoms with E-state index in [1.807, 2.05) is 11.6 Å². The molecule has 2 N–H and O–H groups in total. The van der Waals surface area contributed by atoms with Crippen LogP contribution in [0.15, 0.2) is 58.3 Å². The van der Waals surface area contributed by atoms with Crippen molar-refractivity contribution in [3.05, 3.63) is 54.1 Å². The van der Waals surface area contributed by atoms with Gasteiger partial charge in [0, 0.05) is 5.69 Å². The third kappa shape index (κ3) is 5.04. The van der Waals surface area contributed by atoms with Crippen LogP contribution < -0.4 is 10.0 Å². The molecule has 0 aliphatic heterocycles. The van der Waals surface area contributed by atoms with Gasteiger partial charge in [-0.25, -0.2) is 17.9 Å². The molecule has 0 aliphatic rings. The SMILES string of the molecule is CCOS(=O)(=O)c1ccc(NC(=O)NS(=O)(=O)c2ccc(C)cc2)cc1. The molecule has 2 amide bonds. The van der Waals surface area contributed by atoms with E-state index < -0.39 is 26.2 Å². The normalized spacial score (nSPS) is 11.8. The molecule has 0 atom stereocenters. The molecule has 10 heteroatoms. The summed E-state index contributed by atoms with van der Waals surface area (Å²) in [5.41, 5.74) is 1.10. The number of aryl methyl sites for hydroxylation is 1. The van der Waals surface area contributed by atoms with Gasteiger partial charge in [-0.05, 0) is 50.2 Å². The molecule has 8 nitrogen and oxygen atoms in total. The fourth-order valence-corrected chi connectivity index (χ4v) is 3.81. The van der Waals surface area contributed by atoms with Gasteiger partial charge in [-0.15, -0.1) is 0 Å². The van der Waals surface area contributed by atoms with E-state index in [0.717, 1.165) is 5.56 Å². The lowest BCUT2D eigenvalue weighted by molar-refractivity contribution is 0.256. The zero-order valence-corrected chi connectivity index (χ0v) is 15.7. The van der Waals surface area contributed by atoms with Crippen LogP contribution in [0.1, 0.15) is 12.5 Å². The van der Waals surface area contributed by atoms with Crippen LogP contribution in [-0.2, 0) is 24.3 Å². The van der Waals surface area contributed by atoms with Crippen molar-refractivity contribution in [2.75, 3.05) is 11.9 Å². The molecule has 0 heterocycles. The van der Waals surface area contributed by atoms with Crippen molar-refractivity contribution in [3.63, 3.8) is 0 Å². The number of anilines is 1. The second-order valence-electron chi connectivity index (χ2n) is 5.26. The van der Waals surface area contributed by atoms with Gasteiger partial charge in [0.15, 0.2) is 0 Å². The molecule has 0 unspecified atom stereocenters. The molecule has 140 valence electrons. The number of hydrogen-bond acceptors (Lipinski definition) is 6. The summed E-state index contributed by atoms with van der Waals surface area (Å²) in [5.74, 6) is 0. The van der Waals surface area contributed by atoms with Crippen LogP contribution in [0.5, 0.6) is 0 Å². The Kier molecular flexibility index (Phi) is 6.01. The van der Waals surface area contributed by atoms with Crippen molar-refractivity contribution in [2.45, 2.75) is 23.6 Å². The maximum atomic E-state index is 12.1. The summed E-state index contributed by atoms with van der Waals surface area (Å²) in [6, 6.07) is 10.2. The molecule has 0 saturated carbocycles. The van der Waals surface area contributed by atoms with Crippen LogP contribution in [-0.4, -0.2) is 29.5 Å². The Labute approximate surface area is 152 Å². The summed E-state index contributed by atoms with van der Waals surface area (Å²) >= 11 is 0. The van der Waals surface area contributed by atoms with Gasteiger partial charge >= 0.3 is 6.03 Å². The van der Waals surface area contributed by atoms with Crippen LogP contribution in [0, 0.1) is 6.92 Å². The number of amides is 2. The van der Waals surface area contributed by atoms with Crippen LogP contribution in [0.2, 0.25) is 0 Å². The maximum absolute atomic E-state index is 12.1. The van der Waals surface area contributed by atoms with Gasteiger partial charge in [0.2, 0.25) is 0 Å². The van der Waals surface area contributed by atoms with Crippen molar-refractivity contribution >= 4 is 31.9 Å². The summed E-state index contributed by atoms with van der Waals surface area (Å²) in [4.78, 5) is 11.8. The molecule has 2 rings (SSSR count). The van der Waals surface area contributed by atoms with Crippen LogP contribution in [0.3, 0.4) is 0 Å². The molecule has 0 spiro atoms. The van der Waals surface area contributed by atoms with Gasteiger partial charge in [-0.2, -0.15) is 8.42 Å². The molecular formula is C16H18N2O6S2. The predicted octanol–water partition coefficient (Wildman–Crippen LogP) is 2.23. The molecule has 2 aromatic rings. The van der Waals surface area contributed by atoms with E-state index in [9.17, 15) is 21.6 Å². The molecule has 0 radical (unpaired) electrons. The Morgan fingerprint density at radius 2 is 1.46 bits per heavy atom. The van der Waals surface area contributed by atoms with E-state index >= 15 is 0 Å². The highest BCUT2D eigenvalue weighted by molar-refractivity contribution is 7.90. The molecule has 26 heavy (non-hydrogen) atoms. The van der Waals surface area contributed by atoms with E-state index in [1.165, 1.54) is 36.4 Å². The third-order valence-corrected chi connectivity index (χ3v) is 5.97. The molecule has 0 aliphatic carbocycles. The molecule has 0 aromatic heterocycles.